The summed E-state index contributed by atoms with van der Waals surface area (Å²) < 4.78 is 20.6. The molecular formula is C23H32N2O10. The summed E-state index contributed by atoms with van der Waals surface area (Å²) in [6.45, 7) is 10.1. The predicted octanol–water partition coefficient (Wildman–Crippen LogP) is 2.97. The van der Waals surface area contributed by atoms with Gasteiger partial charge in [-0.3, -0.25) is 14.9 Å². The van der Waals surface area contributed by atoms with Crippen molar-refractivity contribution in [1.82, 2.24) is 5.32 Å². The number of esters is 2. The van der Waals surface area contributed by atoms with Gasteiger partial charge in [0.15, 0.2) is 0 Å². The molecule has 1 rings (SSSR count). The number of rotatable bonds is 13. The van der Waals surface area contributed by atoms with Gasteiger partial charge < -0.3 is 29.4 Å². The van der Waals surface area contributed by atoms with Crippen LogP contribution in [-0.4, -0.2) is 59.5 Å². The van der Waals surface area contributed by atoms with Crippen LogP contribution >= 0.6 is 0 Å². The Hall–Kier alpha value is -3.67. The molecule has 0 spiro atoms. The zero-order chi connectivity index (χ0) is 26.6. The Bertz CT molecular complexity index is 910. The number of nitrogens with zero attached hydrogens (tertiary/aromatic N) is 1. The number of benzene rings is 1. The number of alkyl carbamates (subject to hydrolysis) is 1. The highest BCUT2D eigenvalue weighted by molar-refractivity contribution is 5.86. The minimum atomic E-state index is -1.27. The van der Waals surface area contributed by atoms with E-state index in [0.717, 1.165) is 6.08 Å². The van der Waals surface area contributed by atoms with Crippen molar-refractivity contribution in [2.75, 3.05) is 19.8 Å². The van der Waals surface area contributed by atoms with Crippen molar-refractivity contribution in [2.45, 2.75) is 58.3 Å². The first-order chi connectivity index (χ1) is 16.4. The molecular weight excluding hydrogens is 464 g/mol. The highest BCUT2D eigenvalue weighted by Gasteiger charge is 2.28. The zero-order valence-corrected chi connectivity index (χ0v) is 20.3. The molecule has 1 aromatic rings. The van der Waals surface area contributed by atoms with Gasteiger partial charge >= 0.3 is 18.0 Å². The van der Waals surface area contributed by atoms with E-state index >= 15 is 0 Å². The Balaban J connectivity index is 2.57. The van der Waals surface area contributed by atoms with Crippen LogP contribution in [-0.2, 0) is 23.8 Å². The molecule has 1 unspecified atom stereocenters. The van der Waals surface area contributed by atoms with Crippen molar-refractivity contribution in [3.05, 3.63) is 46.5 Å². The van der Waals surface area contributed by atoms with Gasteiger partial charge in [-0.05, 0) is 39.8 Å². The van der Waals surface area contributed by atoms with Gasteiger partial charge in [0.25, 0.3) is 5.69 Å². The van der Waals surface area contributed by atoms with Crippen molar-refractivity contribution < 1.29 is 43.4 Å². The number of carbonyl (C=O) groups excluding carboxylic acids is 3. The number of nitro benzene ring substituents is 1. The molecule has 2 N–H and O–H groups in total. The average molecular weight is 497 g/mol. The number of nitrogens with one attached hydrogen (secondary N) is 1. The summed E-state index contributed by atoms with van der Waals surface area (Å²) in [4.78, 5) is 46.7. The van der Waals surface area contributed by atoms with E-state index in [1.54, 1.807) is 27.7 Å². The van der Waals surface area contributed by atoms with Crippen molar-refractivity contribution >= 4 is 23.7 Å². The number of hydrogen-bond acceptors (Lipinski definition) is 10. The Kier molecular flexibility index (Phi) is 11.7. The highest BCUT2D eigenvalue weighted by atomic mass is 16.6. The highest BCUT2D eigenvalue weighted by Crippen LogP contribution is 2.29. The minimum Gasteiger partial charge on any atom is -0.493 e. The molecule has 0 aliphatic rings. The molecule has 0 heterocycles. The van der Waals surface area contributed by atoms with E-state index in [9.17, 15) is 29.6 Å². The molecule has 1 amide bonds. The largest absolute Gasteiger partial charge is 0.493 e. The number of ether oxygens (including phenoxy) is 4. The smallest absolute Gasteiger partial charge is 0.408 e. The summed E-state index contributed by atoms with van der Waals surface area (Å²) >= 11 is 0. The van der Waals surface area contributed by atoms with Gasteiger partial charge in [0.05, 0.1) is 36.7 Å². The molecule has 0 aromatic heterocycles. The van der Waals surface area contributed by atoms with E-state index in [2.05, 4.69) is 11.9 Å². The van der Waals surface area contributed by atoms with Crippen molar-refractivity contribution in [1.29, 1.82) is 0 Å². The lowest BCUT2D eigenvalue weighted by atomic mass is 10.1. The Morgan fingerprint density at radius 1 is 1.23 bits per heavy atom. The normalized spacial score (nSPS) is 12.6. The maximum Gasteiger partial charge on any atom is 0.408 e. The third-order valence-electron chi connectivity index (χ3n) is 4.19. The summed E-state index contributed by atoms with van der Waals surface area (Å²) in [6, 6.07) is 2.66. The van der Waals surface area contributed by atoms with E-state index in [1.165, 1.54) is 18.2 Å². The fourth-order valence-electron chi connectivity index (χ4n) is 2.70. The van der Waals surface area contributed by atoms with Crippen LogP contribution in [0.5, 0.6) is 5.75 Å². The second-order valence-corrected chi connectivity index (χ2v) is 8.24. The molecule has 0 fully saturated rings. The number of aliphatic hydroxyl groups excluding tert-OH is 1. The molecule has 0 bridgehead atoms. The quantitative estimate of drug-likeness (QED) is 0.104. The van der Waals surface area contributed by atoms with Crippen molar-refractivity contribution in [2.24, 2.45) is 0 Å². The lowest BCUT2D eigenvalue weighted by Gasteiger charge is -2.22. The number of hydrogen-bond donors (Lipinski definition) is 2. The molecule has 35 heavy (non-hydrogen) atoms. The second-order valence-electron chi connectivity index (χ2n) is 8.24. The molecule has 2 atom stereocenters. The Morgan fingerprint density at radius 3 is 2.49 bits per heavy atom. The molecule has 12 heteroatoms. The summed E-state index contributed by atoms with van der Waals surface area (Å²) in [5.41, 5.74) is -1.02. The summed E-state index contributed by atoms with van der Waals surface area (Å²) in [6.07, 6.45) is -1.13. The standard InChI is InChI=1S/C23H32N2O10/c1-6-19(26)16-13-15(9-10-18(16)25(30)31)33-11-8-12-34-20(27)14-17(21(28)32-7-2)24-22(29)35-23(3,4)5/h6,9-10,13,17,19,26H,1,7-8,11-12,14H2,2-5H3,(H,24,29)/t17-,19?/m0/s1. The van der Waals surface area contributed by atoms with Gasteiger partial charge in [-0.15, -0.1) is 6.58 Å². The maximum absolute atomic E-state index is 12.2. The van der Waals surface area contributed by atoms with Crippen LogP contribution in [0.25, 0.3) is 0 Å². The molecule has 194 valence electrons. The first-order valence-corrected chi connectivity index (χ1v) is 10.9. The van der Waals surface area contributed by atoms with Crippen LogP contribution in [0.2, 0.25) is 0 Å². The Labute approximate surface area is 203 Å². The summed E-state index contributed by atoms with van der Waals surface area (Å²) in [7, 11) is 0. The van der Waals surface area contributed by atoms with Gasteiger partial charge in [-0.25, -0.2) is 9.59 Å². The molecule has 0 aliphatic heterocycles. The zero-order valence-electron chi connectivity index (χ0n) is 20.3. The van der Waals surface area contributed by atoms with E-state index in [-0.39, 0.29) is 43.2 Å². The molecule has 0 saturated heterocycles. The van der Waals surface area contributed by atoms with Gasteiger partial charge in [0.2, 0.25) is 0 Å². The minimum absolute atomic E-state index is 0.0384. The van der Waals surface area contributed by atoms with Crippen LogP contribution in [0.4, 0.5) is 10.5 Å². The van der Waals surface area contributed by atoms with Crippen LogP contribution in [0.3, 0.4) is 0 Å². The van der Waals surface area contributed by atoms with E-state index in [4.69, 9.17) is 18.9 Å². The molecule has 0 saturated carbocycles. The maximum atomic E-state index is 12.2. The first-order valence-electron chi connectivity index (χ1n) is 10.9. The number of nitro groups is 1. The molecule has 0 aliphatic carbocycles. The number of carbonyl (C=O) groups is 3. The molecule has 0 radical (unpaired) electrons. The van der Waals surface area contributed by atoms with Gasteiger partial charge in [0.1, 0.15) is 23.5 Å². The topological polar surface area (TPSA) is 164 Å². The van der Waals surface area contributed by atoms with Crippen LogP contribution in [0, 0.1) is 10.1 Å². The first kappa shape index (κ1) is 29.4. The lowest BCUT2D eigenvalue weighted by molar-refractivity contribution is -0.386. The third-order valence-corrected chi connectivity index (χ3v) is 4.19. The monoisotopic (exact) mass is 496 g/mol. The average Bonchev–Trinajstić information content (AvgIpc) is 2.76. The van der Waals surface area contributed by atoms with Gasteiger partial charge in [0, 0.05) is 12.5 Å². The SMILES string of the molecule is C=CC(O)c1cc(OCCCOC(=O)C[C@H](NC(=O)OC(C)(C)C)C(=O)OCC)ccc1[N+](=O)[O-]. The predicted molar refractivity (Wildman–Crippen MR) is 124 cm³/mol. The number of aliphatic hydroxyl groups is 1. The fourth-order valence-corrected chi connectivity index (χ4v) is 2.70. The van der Waals surface area contributed by atoms with Crippen molar-refractivity contribution in [3.8, 4) is 5.75 Å². The molecule has 12 nitrogen and oxygen atoms in total. The van der Waals surface area contributed by atoms with Gasteiger partial charge in [-0.1, -0.05) is 6.08 Å². The van der Waals surface area contributed by atoms with Crippen molar-refractivity contribution in [3.63, 3.8) is 0 Å². The van der Waals surface area contributed by atoms with Crippen LogP contribution in [0.1, 0.15) is 52.2 Å². The van der Waals surface area contributed by atoms with Crippen LogP contribution < -0.4 is 10.1 Å². The second kappa shape index (κ2) is 13.9. The molecule has 1 aromatic carbocycles. The van der Waals surface area contributed by atoms with Gasteiger partial charge in [-0.2, -0.15) is 0 Å². The Morgan fingerprint density at radius 2 is 1.91 bits per heavy atom. The fraction of sp³-hybridized carbons (Fsp3) is 0.522. The summed E-state index contributed by atoms with van der Waals surface area (Å²) in [5.74, 6) is -1.26. The lowest BCUT2D eigenvalue weighted by Crippen LogP contribution is -2.45. The van der Waals surface area contributed by atoms with E-state index in [1.807, 2.05) is 0 Å². The number of amides is 1. The third kappa shape index (κ3) is 10.9. The van der Waals surface area contributed by atoms with E-state index in [0.29, 0.717) is 0 Å². The summed E-state index contributed by atoms with van der Waals surface area (Å²) in [5, 5.41) is 23.3. The van der Waals surface area contributed by atoms with E-state index < -0.39 is 47.1 Å². The van der Waals surface area contributed by atoms with Crippen LogP contribution in [0.15, 0.2) is 30.9 Å².